The molecule has 0 saturated heterocycles. The van der Waals surface area contributed by atoms with Crippen LogP contribution in [0.25, 0.3) is 44.2 Å². The van der Waals surface area contributed by atoms with E-state index in [0.29, 0.717) is 11.2 Å². The summed E-state index contributed by atoms with van der Waals surface area (Å²) < 4.78 is 30.0. The second kappa shape index (κ2) is 6.88. The molecule has 0 atom stereocenters. The average Bonchev–Trinajstić information content (AvgIpc) is 3.19. The molecular formula is C25H17FO4. The molecule has 0 saturated carbocycles. The van der Waals surface area contributed by atoms with E-state index in [-0.39, 0.29) is 5.82 Å². The first-order valence-corrected chi connectivity index (χ1v) is 9.44. The second-order valence-corrected chi connectivity index (χ2v) is 7.12. The number of methoxy groups -OCH3 is 1. The highest BCUT2D eigenvalue weighted by Gasteiger charge is 2.18. The van der Waals surface area contributed by atoms with E-state index in [0.717, 1.165) is 44.3 Å². The molecule has 0 bridgehead atoms. The molecular weight excluding hydrogens is 383 g/mol. The summed E-state index contributed by atoms with van der Waals surface area (Å²) in [5.74, 6) is 0.440. The fraction of sp³-hybridized carbons (Fsp3) is 0.0800. The normalized spacial score (nSPS) is 11.3. The number of hydrogen-bond acceptors (Lipinski definition) is 4. The van der Waals surface area contributed by atoms with Crippen LogP contribution in [0.2, 0.25) is 0 Å². The predicted molar refractivity (Wildman–Crippen MR) is 114 cm³/mol. The van der Waals surface area contributed by atoms with Crippen molar-refractivity contribution in [2.45, 2.75) is 6.92 Å². The molecule has 0 fully saturated rings. The van der Waals surface area contributed by atoms with Gasteiger partial charge in [-0.25, -0.2) is 9.18 Å². The molecule has 30 heavy (non-hydrogen) atoms. The highest BCUT2D eigenvalue weighted by molar-refractivity contribution is 6.08. The largest absolute Gasteiger partial charge is 0.497 e. The maximum Gasteiger partial charge on any atom is 0.336 e. The van der Waals surface area contributed by atoms with Crippen molar-refractivity contribution in [1.82, 2.24) is 0 Å². The van der Waals surface area contributed by atoms with E-state index in [1.165, 1.54) is 18.2 Å². The Morgan fingerprint density at radius 1 is 0.833 bits per heavy atom. The van der Waals surface area contributed by atoms with Gasteiger partial charge in [0, 0.05) is 28.0 Å². The first-order chi connectivity index (χ1) is 14.5. The Morgan fingerprint density at radius 3 is 2.17 bits per heavy atom. The molecule has 3 aromatic carbocycles. The lowest BCUT2D eigenvalue weighted by Crippen LogP contribution is -1.99. The first kappa shape index (κ1) is 18.2. The van der Waals surface area contributed by atoms with Gasteiger partial charge in [-0.1, -0.05) is 24.3 Å². The van der Waals surface area contributed by atoms with Crippen molar-refractivity contribution in [3.63, 3.8) is 0 Å². The number of furan rings is 1. The quantitative estimate of drug-likeness (QED) is 0.332. The molecule has 0 spiro atoms. The van der Waals surface area contributed by atoms with E-state index in [1.807, 2.05) is 37.3 Å². The molecule has 0 aliphatic rings. The van der Waals surface area contributed by atoms with Crippen LogP contribution in [-0.2, 0) is 0 Å². The third-order valence-corrected chi connectivity index (χ3v) is 5.36. The van der Waals surface area contributed by atoms with Crippen LogP contribution >= 0.6 is 0 Å². The lowest BCUT2D eigenvalue weighted by Gasteiger charge is -2.09. The van der Waals surface area contributed by atoms with Gasteiger partial charge in [-0.2, -0.15) is 0 Å². The van der Waals surface area contributed by atoms with Gasteiger partial charge in [0.25, 0.3) is 0 Å². The van der Waals surface area contributed by atoms with E-state index in [2.05, 4.69) is 0 Å². The van der Waals surface area contributed by atoms with Gasteiger partial charge in [0.05, 0.1) is 13.4 Å². The number of hydrogen-bond donors (Lipinski definition) is 0. The first-order valence-electron chi connectivity index (χ1n) is 9.44. The minimum Gasteiger partial charge on any atom is -0.497 e. The van der Waals surface area contributed by atoms with Crippen molar-refractivity contribution >= 4 is 21.9 Å². The smallest absolute Gasteiger partial charge is 0.336 e. The van der Waals surface area contributed by atoms with Crippen molar-refractivity contribution in [3.05, 3.63) is 88.7 Å². The van der Waals surface area contributed by atoms with Crippen LogP contribution in [-0.4, -0.2) is 7.11 Å². The van der Waals surface area contributed by atoms with Crippen LogP contribution in [0.15, 0.2) is 80.6 Å². The molecule has 148 valence electrons. The van der Waals surface area contributed by atoms with E-state index in [9.17, 15) is 9.18 Å². The van der Waals surface area contributed by atoms with Crippen molar-refractivity contribution < 1.29 is 18.0 Å². The lowest BCUT2D eigenvalue weighted by molar-refractivity contribution is 0.415. The van der Waals surface area contributed by atoms with Crippen molar-refractivity contribution in [1.29, 1.82) is 0 Å². The maximum atomic E-state index is 13.4. The summed E-state index contributed by atoms with van der Waals surface area (Å²) in [6.07, 6.45) is 1.65. The van der Waals surface area contributed by atoms with Crippen LogP contribution in [0.4, 0.5) is 4.39 Å². The Labute approximate surface area is 171 Å². The summed E-state index contributed by atoms with van der Waals surface area (Å²) in [5, 5.41) is 1.67. The minimum atomic E-state index is -0.430. The van der Waals surface area contributed by atoms with Crippen LogP contribution < -0.4 is 10.4 Å². The van der Waals surface area contributed by atoms with Gasteiger partial charge in [0.15, 0.2) is 0 Å². The van der Waals surface area contributed by atoms with E-state index in [4.69, 9.17) is 13.6 Å². The third-order valence-electron chi connectivity index (χ3n) is 5.36. The summed E-state index contributed by atoms with van der Waals surface area (Å²) in [5.41, 5.74) is 4.76. The monoisotopic (exact) mass is 400 g/mol. The molecule has 0 unspecified atom stereocenters. The molecule has 0 radical (unpaired) electrons. The second-order valence-electron chi connectivity index (χ2n) is 7.12. The zero-order valence-electron chi connectivity index (χ0n) is 16.4. The molecule has 2 heterocycles. The zero-order valence-corrected chi connectivity index (χ0v) is 16.4. The Morgan fingerprint density at radius 2 is 1.47 bits per heavy atom. The Balaban J connectivity index is 1.82. The highest BCUT2D eigenvalue weighted by Crippen LogP contribution is 2.39. The van der Waals surface area contributed by atoms with E-state index >= 15 is 0 Å². The van der Waals surface area contributed by atoms with Crippen molar-refractivity contribution in [2.24, 2.45) is 0 Å². The average molecular weight is 400 g/mol. The molecule has 0 aliphatic carbocycles. The van der Waals surface area contributed by atoms with E-state index in [1.54, 1.807) is 25.5 Å². The summed E-state index contributed by atoms with van der Waals surface area (Å²) in [6, 6.07) is 17.2. The predicted octanol–water partition coefficient (Wildman–Crippen LogP) is 6.33. The lowest BCUT2D eigenvalue weighted by atomic mass is 9.96. The number of benzene rings is 3. The number of aryl methyl sites for hydroxylation is 1. The SMILES string of the molecule is COc1ccc(-c2cc(=O)oc3c(C)c4occ(-c5ccc(F)cc5)c4cc23)cc1. The van der Waals surface area contributed by atoms with Gasteiger partial charge in [0.1, 0.15) is 22.7 Å². The molecule has 5 aromatic rings. The molecule has 2 aromatic heterocycles. The van der Waals surface area contributed by atoms with Crippen LogP contribution in [0.1, 0.15) is 5.56 Å². The standard InChI is InChI=1S/C25H17FO4/c1-14-24-21(22(13-29-24)16-3-7-17(26)8-4-16)11-20-19(12-23(27)30-25(14)20)15-5-9-18(28-2)10-6-15/h3-13H,1-2H3. The summed E-state index contributed by atoms with van der Waals surface area (Å²) in [4.78, 5) is 12.3. The number of ether oxygens (including phenoxy) is 1. The van der Waals surface area contributed by atoms with Crippen molar-refractivity contribution in [2.75, 3.05) is 7.11 Å². The third kappa shape index (κ3) is 2.87. The molecule has 4 nitrogen and oxygen atoms in total. The van der Waals surface area contributed by atoms with Crippen LogP contribution in [0, 0.1) is 12.7 Å². The number of fused-ring (bicyclic) bond motifs is 2. The van der Waals surface area contributed by atoms with Crippen molar-refractivity contribution in [3.8, 4) is 28.0 Å². The fourth-order valence-corrected chi connectivity index (χ4v) is 3.84. The Kier molecular flexibility index (Phi) is 4.17. The van der Waals surface area contributed by atoms with Gasteiger partial charge in [0.2, 0.25) is 0 Å². The summed E-state index contributed by atoms with van der Waals surface area (Å²) in [7, 11) is 1.61. The van der Waals surface area contributed by atoms with Gasteiger partial charge in [-0.3, -0.25) is 0 Å². The van der Waals surface area contributed by atoms with Gasteiger partial charge < -0.3 is 13.6 Å². The molecule has 0 N–H and O–H groups in total. The Bertz CT molecular complexity index is 1440. The maximum absolute atomic E-state index is 13.4. The van der Waals surface area contributed by atoms with Crippen LogP contribution in [0.3, 0.4) is 0 Å². The molecule has 5 heteroatoms. The number of halogens is 1. The zero-order chi connectivity index (χ0) is 20.8. The molecule has 5 rings (SSSR count). The Hall–Kier alpha value is -3.86. The van der Waals surface area contributed by atoms with Gasteiger partial charge >= 0.3 is 5.63 Å². The minimum absolute atomic E-state index is 0.295. The fourth-order valence-electron chi connectivity index (χ4n) is 3.84. The van der Waals surface area contributed by atoms with Crippen LogP contribution in [0.5, 0.6) is 5.75 Å². The van der Waals surface area contributed by atoms with E-state index < -0.39 is 5.63 Å². The van der Waals surface area contributed by atoms with Gasteiger partial charge in [-0.05, 0) is 53.9 Å². The van der Waals surface area contributed by atoms with Gasteiger partial charge in [-0.15, -0.1) is 0 Å². The molecule has 0 amide bonds. The summed E-state index contributed by atoms with van der Waals surface area (Å²) in [6.45, 7) is 1.86. The molecule has 0 aliphatic heterocycles. The topological polar surface area (TPSA) is 52.6 Å². The highest BCUT2D eigenvalue weighted by atomic mass is 19.1. The number of rotatable bonds is 3. The summed E-state index contributed by atoms with van der Waals surface area (Å²) >= 11 is 0.